The molecule has 1 amide bonds. The number of rotatable bonds is 6. The van der Waals surface area contributed by atoms with E-state index >= 15 is 0 Å². The topological polar surface area (TPSA) is 55.1 Å². The predicted octanol–water partition coefficient (Wildman–Crippen LogP) is 3.07. The molecule has 0 spiro atoms. The smallest absolute Gasteiger partial charge is 0.288 e. The van der Waals surface area contributed by atoms with E-state index in [1.54, 1.807) is 24.3 Å². The maximum Gasteiger partial charge on any atom is 0.288 e. The quantitative estimate of drug-likeness (QED) is 0.784. The highest BCUT2D eigenvalue weighted by Crippen LogP contribution is 2.26. The molecule has 1 aromatic carbocycles. The van der Waals surface area contributed by atoms with E-state index in [0.717, 1.165) is 6.42 Å². The Morgan fingerprint density at radius 1 is 1.39 bits per heavy atom. The number of benzene rings is 1. The first-order chi connectivity index (χ1) is 8.51. The van der Waals surface area contributed by atoms with E-state index < -0.39 is 5.76 Å². The van der Waals surface area contributed by atoms with Gasteiger partial charge in [0.25, 0.3) is 5.76 Å². The van der Waals surface area contributed by atoms with Crippen molar-refractivity contribution < 1.29 is 13.6 Å². The predicted molar refractivity (Wildman–Crippen MR) is 69.8 cm³/mol. The van der Waals surface area contributed by atoms with Crippen molar-refractivity contribution in [3.8, 4) is 0 Å². The van der Waals surface area contributed by atoms with Crippen LogP contribution in [0.4, 0.5) is 14.5 Å². The van der Waals surface area contributed by atoms with Crippen LogP contribution in [0.15, 0.2) is 29.2 Å². The number of nitrogens with one attached hydrogen (secondary N) is 1. The van der Waals surface area contributed by atoms with Gasteiger partial charge in [0.15, 0.2) is 0 Å². The van der Waals surface area contributed by atoms with Crippen LogP contribution in [0.3, 0.4) is 0 Å². The molecule has 0 saturated heterocycles. The minimum Gasteiger partial charge on any atom is -0.327 e. The Labute approximate surface area is 109 Å². The number of anilines is 1. The van der Waals surface area contributed by atoms with Crippen LogP contribution in [0, 0.1) is 0 Å². The van der Waals surface area contributed by atoms with E-state index in [-0.39, 0.29) is 18.4 Å². The number of carbonyl (C=O) groups excluding carboxylic acids is 1. The van der Waals surface area contributed by atoms with Crippen molar-refractivity contribution in [2.24, 2.45) is 5.73 Å². The summed E-state index contributed by atoms with van der Waals surface area (Å²) in [5, 5.41) is 2.67. The number of hydrogen-bond acceptors (Lipinski definition) is 3. The van der Waals surface area contributed by atoms with Crippen molar-refractivity contribution in [2.75, 3.05) is 5.32 Å². The lowest BCUT2D eigenvalue weighted by Crippen LogP contribution is -2.26. The maximum atomic E-state index is 12.1. The third-order valence-corrected chi connectivity index (χ3v) is 3.06. The lowest BCUT2D eigenvalue weighted by atomic mass is 10.1. The summed E-state index contributed by atoms with van der Waals surface area (Å²) >= 11 is 0.474. The molecular weight excluding hydrogens is 258 g/mol. The number of amides is 1. The summed E-state index contributed by atoms with van der Waals surface area (Å²) in [5.74, 6) is -2.60. The van der Waals surface area contributed by atoms with Gasteiger partial charge in [0.1, 0.15) is 0 Å². The Kier molecular flexibility index (Phi) is 6.07. The highest BCUT2D eigenvalue weighted by atomic mass is 32.2. The largest absolute Gasteiger partial charge is 0.327 e. The number of hydrogen-bond donors (Lipinski definition) is 2. The average molecular weight is 274 g/mol. The summed E-state index contributed by atoms with van der Waals surface area (Å²) in [6.07, 6.45) is 0.988. The van der Waals surface area contributed by atoms with Crippen LogP contribution < -0.4 is 11.1 Å². The Balaban J connectivity index is 2.50. The number of halogens is 2. The summed E-state index contributed by atoms with van der Waals surface area (Å²) < 4.78 is 24.2. The second-order valence-corrected chi connectivity index (χ2v) is 4.89. The fourth-order valence-electron chi connectivity index (χ4n) is 1.31. The van der Waals surface area contributed by atoms with Crippen LogP contribution in [0.25, 0.3) is 0 Å². The molecule has 1 unspecified atom stereocenters. The molecular formula is C12H16F2N2OS. The number of thioether (sulfide) groups is 1. The van der Waals surface area contributed by atoms with E-state index in [9.17, 15) is 13.6 Å². The molecule has 0 saturated carbocycles. The molecule has 3 nitrogen and oxygen atoms in total. The monoisotopic (exact) mass is 274 g/mol. The van der Waals surface area contributed by atoms with Gasteiger partial charge in [0, 0.05) is 23.0 Å². The lowest BCUT2D eigenvalue weighted by Gasteiger charge is -2.09. The van der Waals surface area contributed by atoms with Crippen molar-refractivity contribution in [1.29, 1.82) is 0 Å². The van der Waals surface area contributed by atoms with Crippen LogP contribution in [0.2, 0.25) is 0 Å². The second kappa shape index (κ2) is 7.33. The molecule has 0 aliphatic rings. The van der Waals surface area contributed by atoms with Gasteiger partial charge in [0.2, 0.25) is 5.91 Å². The van der Waals surface area contributed by atoms with Gasteiger partial charge < -0.3 is 11.1 Å². The molecule has 0 heterocycles. The molecule has 18 heavy (non-hydrogen) atoms. The summed E-state index contributed by atoms with van der Waals surface area (Å²) in [4.78, 5) is 12.0. The molecule has 0 bridgehead atoms. The van der Waals surface area contributed by atoms with Gasteiger partial charge in [-0.25, -0.2) is 0 Å². The summed E-state index contributed by atoms with van der Waals surface area (Å²) in [6, 6.07) is 6.14. The van der Waals surface area contributed by atoms with Crippen LogP contribution in [0.5, 0.6) is 0 Å². The van der Waals surface area contributed by atoms with E-state index in [4.69, 9.17) is 5.73 Å². The fourth-order valence-corrected chi connectivity index (χ4v) is 1.81. The summed E-state index contributed by atoms with van der Waals surface area (Å²) in [7, 11) is 0. The molecule has 3 N–H and O–H groups in total. The molecule has 0 fully saturated rings. The van der Waals surface area contributed by atoms with Crippen LogP contribution >= 0.6 is 11.8 Å². The van der Waals surface area contributed by atoms with Crippen molar-refractivity contribution in [2.45, 2.75) is 36.5 Å². The van der Waals surface area contributed by atoms with Gasteiger partial charge in [-0.2, -0.15) is 8.78 Å². The molecule has 0 radical (unpaired) electrons. The minimum absolute atomic E-state index is 0.154. The first-order valence-corrected chi connectivity index (χ1v) is 6.49. The van der Waals surface area contributed by atoms with Gasteiger partial charge >= 0.3 is 0 Å². The standard InChI is InChI=1S/C12H16F2N2OS/c1-2-8(15)7-11(17)16-9-3-5-10(6-4-9)18-12(13)14/h3-6,8,12H,2,7,15H2,1H3,(H,16,17). The lowest BCUT2D eigenvalue weighted by molar-refractivity contribution is -0.116. The van der Waals surface area contributed by atoms with Crippen molar-refractivity contribution in [3.63, 3.8) is 0 Å². The maximum absolute atomic E-state index is 12.1. The van der Waals surface area contributed by atoms with E-state index in [1.807, 2.05) is 6.92 Å². The van der Waals surface area contributed by atoms with Gasteiger partial charge in [0.05, 0.1) is 0 Å². The first kappa shape index (κ1) is 14.9. The number of alkyl halides is 2. The highest BCUT2D eigenvalue weighted by Gasteiger charge is 2.08. The van der Waals surface area contributed by atoms with Crippen molar-refractivity contribution in [1.82, 2.24) is 0 Å². The minimum atomic E-state index is -2.44. The fraction of sp³-hybridized carbons (Fsp3) is 0.417. The van der Waals surface area contributed by atoms with Crippen LogP contribution in [0.1, 0.15) is 19.8 Å². The third-order valence-electron chi connectivity index (χ3n) is 2.34. The molecule has 6 heteroatoms. The highest BCUT2D eigenvalue weighted by molar-refractivity contribution is 7.99. The summed E-state index contributed by atoms with van der Waals surface area (Å²) in [5.41, 5.74) is 6.24. The zero-order chi connectivity index (χ0) is 13.5. The molecule has 100 valence electrons. The molecule has 0 aliphatic heterocycles. The normalized spacial score (nSPS) is 12.5. The Bertz CT molecular complexity index is 384. The van der Waals surface area contributed by atoms with Crippen LogP contribution in [-0.2, 0) is 4.79 Å². The number of carbonyl (C=O) groups is 1. The average Bonchev–Trinajstić information content (AvgIpc) is 2.30. The molecule has 1 atom stereocenters. The van der Waals surface area contributed by atoms with Gasteiger partial charge in [-0.05, 0) is 30.7 Å². The van der Waals surface area contributed by atoms with Crippen LogP contribution in [-0.4, -0.2) is 17.7 Å². The molecule has 1 rings (SSSR count). The number of nitrogens with two attached hydrogens (primary N) is 1. The van der Waals surface area contributed by atoms with Gasteiger partial charge in [-0.3, -0.25) is 4.79 Å². The first-order valence-electron chi connectivity index (χ1n) is 5.61. The SMILES string of the molecule is CCC(N)CC(=O)Nc1ccc(SC(F)F)cc1. The second-order valence-electron chi connectivity index (χ2n) is 3.82. The van der Waals surface area contributed by atoms with E-state index in [0.29, 0.717) is 22.3 Å². The Morgan fingerprint density at radius 3 is 2.50 bits per heavy atom. The van der Waals surface area contributed by atoms with E-state index in [2.05, 4.69) is 5.32 Å². The molecule has 0 aliphatic carbocycles. The molecule has 0 aromatic heterocycles. The zero-order valence-corrected chi connectivity index (χ0v) is 10.8. The Hall–Kier alpha value is -1.14. The van der Waals surface area contributed by atoms with Crippen molar-refractivity contribution >= 4 is 23.4 Å². The third kappa shape index (κ3) is 5.46. The zero-order valence-electron chi connectivity index (χ0n) is 10.0. The summed E-state index contributed by atoms with van der Waals surface area (Å²) in [6.45, 7) is 1.91. The van der Waals surface area contributed by atoms with Gasteiger partial charge in [-0.15, -0.1) is 0 Å². The van der Waals surface area contributed by atoms with E-state index in [1.165, 1.54) is 0 Å². The Morgan fingerprint density at radius 2 is 2.00 bits per heavy atom. The molecule has 1 aromatic rings. The van der Waals surface area contributed by atoms with Crippen molar-refractivity contribution in [3.05, 3.63) is 24.3 Å². The van der Waals surface area contributed by atoms with Gasteiger partial charge in [-0.1, -0.05) is 18.7 Å².